The minimum atomic E-state index is -0.0875. The minimum absolute atomic E-state index is 0.0862. The maximum absolute atomic E-state index is 11.4. The molecule has 0 atom stereocenters. The standard InChI is InChI=1S/C8H13N3O/c1-8(2)6-5(4-9-8)7(12)11(3)10-6/h9-10H,4H2,1-3H3. The predicted octanol–water partition coefficient (Wildman–Crippen LogP) is 0.0517. The van der Waals surface area contributed by atoms with Crippen LogP contribution in [0.5, 0.6) is 0 Å². The Hall–Kier alpha value is -1.03. The van der Waals surface area contributed by atoms with E-state index in [0.29, 0.717) is 6.54 Å². The lowest BCUT2D eigenvalue weighted by atomic mass is 10.0. The first-order valence-electron chi connectivity index (χ1n) is 4.06. The third kappa shape index (κ3) is 0.783. The monoisotopic (exact) mass is 167 g/mol. The lowest BCUT2D eigenvalue weighted by Crippen LogP contribution is -2.31. The van der Waals surface area contributed by atoms with E-state index in [0.717, 1.165) is 11.3 Å². The number of hydrogen-bond donors (Lipinski definition) is 2. The van der Waals surface area contributed by atoms with Crippen LogP contribution in [0.1, 0.15) is 25.1 Å². The second kappa shape index (κ2) is 2.01. The van der Waals surface area contributed by atoms with Gasteiger partial charge >= 0.3 is 0 Å². The van der Waals surface area contributed by atoms with Gasteiger partial charge < -0.3 is 5.32 Å². The molecule has 4 heteroatoms. The molecule has 2 N–H and O–H groups in total. The van der Waals surface area contributed by atoms with Crippen LogP contribution in [0.2, 0.25) is 0 Å². The highest BCUT2D eigenvalue weighted by Gasteiger charge is 2.33. The van der Waals surface area contributed by atoms with Gasteiger partial charge in [-0.05, 0) is 13.8 Å². The van der Waals surface area contributed by atoms with E-state index in [1.165, 1.54) is 4.68 Å². The second-order valence-corrected chi connectivity index (χ2v) is 3.81. The Kier molecular flexibility index (Phi) is 1.28. The summed E-state index contributed by atoms with van der Waals surface area (Å²) in [6.07, 6.45) is 0. The molecule has 0 spiro atoms. The molecule has 0 amide bonds. The zero-order chi connectivity index (χ0) is 8.93. The highest BCUT2D eigenvalue weighted by molar-refractivity contribution is 5.28. The number of fused-ring (bicyclic) bond motifs is 1. The Balaban J connectivity index is 2.69. The van der Waals surface area contributed by atoms with E-state index < -0.39 is 0 Å². The summed E-state index contributed by atoms with van der Waals surface area (Å²) in [5.74, 6) is 0. The number of aromatic amines is 1. The Morgan fingerprint density at radius 1 is 1.50 bits per heavy atom. The molecule has 0 saturated carbocycles. The average Bonchev–Trinajstić information content (AvgIpc) is 2.40. The molecule has 0 fully saturated rings. The summed E-state index contributed by atoms with van der Waals surface area (Å²) < 4.78 is 1.53. The lowest BCUT2D eigenvalue weighted by Gasteiger charge is -2.17. The summed E-state index contributed by atoms with van der Waals surface area (Å²) in [6, 6.07) is 0. The molecule has 1 aromatic heterocycles. The molecular formula is C8H13N3O. The van der Waals surface area contributed by atoms with Gasteiger partial charge in [-0.15, -0.1) is 0 Å². The largest absolute Gasteiger partial charge is 0.302 e. The van der Waals surface area contributed by atoms with Gasteiger partial charge in [-0.1, -0.05) is 0 Å². The van der Waals surface area contributed by atoms with Crippen LogP contribution in [0.25, 0.3) is 0 Å². The first-order valence-corrected chi connectivity index (χ1v) is 4.06. The molecule has 1 aromatic rings. The summed E-state index contributed by atoms with van der Waals surface area (Å²) in [5, 5.41) is 6.32. The van der Waals surface area contributed by atoms with E-state index in [1.807, 2.05) is 0 Å². The highest BCUT2D eigenvalue weighted by atomic mass is 16.1. The third-order valence-electron chi connectivity index (χ3n) is 2.48. The van der Waals surface area contributed by atoms with Gasteiger partial charge in [-0.25, -0.2) is 0 Å². The van der Waals surface area contributed by atoms with Gasteiger partial charge in [0.05, 0.1) is 16.8 Å². The van der Waals surface area contributed by atoms with Crippen LogP contribution in [-0.4, -0.2) is 9.78 Å². The molecule has 12 heavy (non-hydrogen) atoms. The number of aromatic nitrogens is 2. The Morgan fingerprint density at radius 3 is 2.75 bits per heavy atom. The molecule has 4 nitrogen and oxygen atoms in total. The molecule has 0 saturated heterocycles. The van der Waals surface area contributed by atoms with E-state index in [-0.39, 0.29) is 11.1 Å². The van der Waals surface area contributed by atoms with Crippen molar-refractivity contribution < 1.29 is 0 Å². The lowest BCUT2D eigenvalue weighted by molar-refractivity contribution is 0.421. The molecular weight excluding hydrogens is 154 g/mol. The molecule has 1 aliphatic rings. The van der Waals surface area contributed by atoms with Crippen LogP contribution < -0.4 is 10.9 Å². The van der Waals surface area contributed by atoms with Crippen LogP contribution in [0.15, 0.2) is 4.79 Å². The van der Waals surface area contributed by atoms with E-state index in [2.05, 4.69) is 24.3 Å². The van der Waals surface area contributed by atoms with Crippen molar-refractivity contribution >= 4 is 0 Å². The molecule has 0 radical (unpaired) electrons. The third-order valence-corrected chi connectivity index (χ3v) is 2.48. The van der Waals surface area contributed by atoms with Gasteiger partial charge in [-0.2, -0.15) is 0 Å². The highest BCUT2D eigenvalue weighted by Crippen LogP contribution is 2.25. The zero-order valence-corrected chi connectivity index (χ0v) is 7.56. The zero-order valence-electron chi connectivity index (χ0n) is 7.56. The number of rotatable bonds is 0. The van der Waals surface area contributed by atoms with Crippen molar-refractivity contribution in [3.63, 3.8) is 0 Å². The molecule has 0 bridgehead atoms. The number of H-pyrrole nitrogens is 1. The minimum Gasteiger partial charge on any atom is -0.302 e. The van der Waals surface area contributed by atoms with Gasteiger partial charge in [0.15, 0.2) is 0 Å². The van der Waals surface area contributed by atoms with Crippen LogP contribution in [0.4, 0.5) is 0 Å². The summed E-state index contributed by atoms with van der Waals surface area (Å²) in [6.45, 7) is 4.81. The fraction of sp³-hybridized carbons (Fsp3) is 0.625. The Morgan fingerprint density at radius 2 is 2.17 bits per heavy atom. The van der Waals surface area contributed by atoms with E-state index >= 15 is 0 Å². The van der Waals surface area contributed by atoms with E-state index in [9.17, 15) is 4.79 Å². The summed E-state index contributed by atoms with van der Waals surface area (Å²) in [5.41, 5.74) is 1.90. The van der Waals surface area contributed by atoms with E-state index in [4.69, 9.17) is 0 Å². The van der Waals surface area contributed by atoms with Crippen LogP contribution >= 0.6 is 0 Å². The predicted molar refractivity (Wildman–Crippen MR) is 45.9 cm³/mol. The van der Waals surface area contributed by atoms with E-state index in [1.54, 1.807) is 7.05 Å². The number of aryl methyl sites for hydroxylation is 1. The molecule has 0 aliphatic carbocycles. The van der Waals surface area contributed by atoms with Crippen molar-refractivity contribution in [3.05, 3.63) is 21.6 Å². The maximum Gasteiger partial charge on any atom is 0.271 e. The SMILES string of the molecule is Cn1[nH]c2c(c1=O)CNC2(C)C. The molecule has 0 unspecified atom stereocenters. The van der Waals surface area contributed by atoms with Gasteiger partial charge in [-0.3, -0.25) is 14.6 Å². The maximum atomic E-state index is 11.4. The Bertz CT molecular complexity index is 372. The van der Waals surface area contributed by atoms with Crippen molar-refractivity contribution in [2.75, 3.05) is 0 Å². The first-order chi connectivity index (χ1) is 5.52. The first kappa shape index (κ1) is 7.61. The van der Waals surface area contributed by atoms with Gasteiger partial charge in [0.25, 0.3) is 5.56 Å². The quantitative estimate of drug-likeness (QED) is 0.573. The summed E-state index contributed by atoms with van der Waals surface area (Å²) in [4.78, 5) is 11.4. The van der Waals surface area contributed by atoms with Crippen LogP contribution in [-0.2, 0) is 19.1 Å². The average molecular weight is 167 g/mol. The fourth-order valence-corrected chi connectivity index (χ4v) is 1.67. The number of nitrogens with one attached hydrogen (secondary N) is 2. The van der Waals surface area contributed by atoms with Crippen molar-refractivity contribution in [2.45, 2.75) is 25.9 Å². The van der Waals surface area contributed by atoms with Gasteiger partial charge in [0.1, 0.15) is 0 Å². The summed E-state index contributed by atoms with van der Waals surface area (Å²) in [7, 11) is 1.75. The van der Waals surface area contributed by atoms with Crippen molar-refractivity contribution in [1.29, 1.82) is 0 Å². The normalized spacial score (nSPS) is 19.6. The smallest absolute Gasteiger partial charge is 0.271 e. The van der Waals surface area contributed by atoms with Gasteiger partial charge in [0, 0.05) is 13.6 Å². The molecule has 2 heterocycles. The molecule has 1 aliphatic heterocycles. The molecule has 66 valence electrons. The topological polar surface area (TPSA) is 49.8 Å². The number of nitrogens with zero attached hydrogens (tertiary/aromatic N) is 1. The summed E-state index contributed by atoms with van der Waals surface area (Å²) >= 11 is 0. The fourth-order valence-electron chi connectivity index (χ4n) is 1.67. The van der Waals surface area contributed by atoms with Crippen molar-refractivity contribution in [2.24, 2.45) is 7.05 Å². The number of hydrogen-bond acceptors (Lipinski definition) is 2. The van der Waals surface area contributed by atoms with Crippen molar-refractivity contribution in [3.8, 4) is 0 Å². The molecule has 2 rings (SSSR count). The van der Waals surface area contributed by atoms with Crippen LogP contribution in [0, 0.1) is 0 Å². The van der Waals surface area contributed by atoms with Crippen LogP contribution in [0.3, 0.4) is 0 Å². The van der Waals surface area contributed by atoms with Crippen molar-refractivity contribution in [1.82, 2.24) is 15.1 Å². The Labute approximate surface area is 70.6 Å². The molecule has 0 aromatic carbocycles. The second-order valence-electron chi connectivity index (χ2n) is 3.81. The van der Waals surface area contributed by atoms with Gasteiger partial charge in [0.2, 0.25) is 0 Å².